The molecule has 0 bridgehead atoms. The van der Waals surface area contributed by atoms with Gasteiger partial charge in [0.25, 0.3) is 5.56 Å². The molecule has 106 valence electrons. The first-order valence-corrected chi connectivity index (χ1v) is 5.94. The van der Waals surface area contributed by atoms with E-state index in [1.165, 1.54) is 13.2 Å². The fourth-order valence-corrected chi connectivity index (χ4v) is 1.79. The zero-order valence-electron chi connectivity index (χ0n) is 11.0. The molecule has 0 amide bonds. The highest BCUT2D eigenvalue weighted by molar-refractivity contribution is 5.61. The average Bonchev–Trinajstić information content (AvgIpc) is 2.43. The lowest BCUT2D eigenvalue weighted by Crippen LogP contribution is -2.14. The molecule has 2 aromatic rings. The molecule has 0 fully saturated rings. The predicted molar refractivity (Wildman–Crippen MR) is 70.4 cm³/mol. The van der Waals surface area contributed by atoms with E-state index in [1.807, 2.05) is 0 Å². The molecule has 0 spiro atoms. The molecule has 1 heterocycles. The Labute approximate surface area is 113 Å². The van der Waals surface area contributed by atoms with Gasteiger partial charge in [-0.25, -0.2) is 9.37 Å². The maximum absolute atomic E-state index is 14.1. The van der Waals surface area contributed by atoms with Gasteiger partial charge in [0.05, 0.1) is 13.3 Å². The number of hydrogen-bond donors (Lipinski definition) is 2. The Morgan fingerprint density at radius 2 is 2.15 bits per heavy atom. The third-order valence-electron chi connectivity index (χ3n) is 2.79. The minimum atomic E-state index is -0.979. The number of nitrogens with one attached hydrogen (secondary N) is 2. The summed E-state index contributed by atoms with van der Waals surface area (Å²) < 4.78 is 31.8. The molecular weight excluding hydrogens is 268 g/mol. The zero-order chi connectivity index (χ0) is 14.7. The van der Waals surface area contributed by atoms with Crippen LogP contribution in [0.3, 0.4) is 0 Å². The number of H-pyrrole nitrogens is 1. The number of halogens is 2. The molecule has 0 radical (unpaired) electrons. The van der Waals surface area contributed by atoms with Crippen LogP contribution in [0.15, 0.2) is 23.1 Å². The van der Waals surface area contributed by atoms with Crippen molar-refractivity contribution >= 4 is 11.6 Å². The highest BCUT2D eigenvalue weighted by Gasteiger charge is 2.13. The van der Waals surface area contributed by atoms with Crippen molar-refractivity contribution in [2.24, 2.45) is 0 Å². The van der Waals surface area contributed by atoms with Crippen LogP contribution in [0, 0.1) is 11.6 Å². The summed E-state index contributed by atoms with van der Waals surface area (Å²) in [6.45, 7) is 1.78. The lowest BCUT2D eigenvalue weighted by Gasteiger charge is -2.13. The van der Waals surface area contributed by atoms with Crippen LogP contribution < -0.4 is 15.6 Å². The number of methoxy groups -OCH3 is 1. The van der Waals surface area contributed by atoms with Gasteiger partial charge in [0.15, 0.2) is 11.6 Å². The molecule has 1 aromatic heterocycles. The van der Waals surface area contributed by atoms with E-state index < -0.39 is 17.2 Å². The number of hydrogen-bond acceptors (Lipinski definition) is 4. The van der Waals surface area contributed by atoms with Crippen molar-refractivity contribution in [3.8, 4) is 5.75 Å². The van der Waals surface area contributed by atoms with Gasteiger partial charge in [-0.15, -0.1) is 0 Å². The Morgan fingerprint density at radius 3 is 2.75 bits per heavy atom. The van der Waals surface area contributed by atoms with E-state index in [-0.39, 0.29) is 11.7 Å². The fourth-order valence-electron chi connectivity index (χ4n) is 1.79. The second-order valence-corrected chi connectivity index (χ2v) is 4.00. The van der Waals surface area contributed by atoms with Crippen molar-refractivity contribution in [2.75, 3.05) is 12.4 Å². The normalized spacial score (nSPS) is 10.4. The minimum Gasteiger partial charge on any atom is -0.494 e. The Kier molecular flexibility index (Phi) is 3.97. The van der Waals surface area contributed by atoms with Crippen LogP contribution >= 0.6 is 0 Å². The third kappa shape index (κ3) is 2.61. The second-order valence-electron chi connectivity index (χ2n) is 4.00. The van der Waals surface area contributed by atoms with Crippen LogP contribution in [-0.2, 0) is 6.42 Å². The molecule has 0 aliphatic carbocycles. The van der Waals surface area contributed by atoms with Crippen molar-refractivity contribution in [1.82, 2.24) is 9.97 Å². The van der Waals surface area contributed by atoms with Crippen LogP contribution in [0.25, 0.3) is 0 Å². The first-order valence-electron chi connectivity index (χ1n) is 5.94. The Bertz CT molecular complexity index is 686. The molecule has 2 N–H and O–H groups in total. The van der Waals surface area contributed by atoms with E-state index in [1.54, 1.807) is 13.0 Å². The van der Waals surface area contributed by atoms with E-state index in [9.17, 15) is 13.6 Å². The maximum atomic E-state index is 14.1. The number of aromatic amines is 1. The van der Waals surface area contributed by atoms with Crippen molar-refractivity contribution < 1.29 is 13.5 Å². The number of nitrogens with zero attached hydrogens (tertiary/aromatic N) is 1. The summed E-state index contributed by atoms with van der Waals surface area (Å²) in [4.78, 5) is 17.1. The van der Waals surface area contributed by atoms with Crippen molar-refractivity contribution in [2.45, 2.75) is 13.3 Å². The SMILES string of the molecule is CCc1c(Nc2ncc(F)c(=O)[nH]2)ccc(OC)c1F. The van der Waals surface area contributed by atoms with Gasteiger partial charge >= 0.3 is 0 Å². The summed E-state index contributed by atoms with van der Waals surface area (Å²) in [7, 11) is 1.38. The van der Waals surface area contributed by atoms with Crippen LogP contribution in [0.1, 0.15) is 12.5 Å². The highest BCUT2D eigenvalue weighted by Crippen LogP contribution is 2.28. The number of benzene rings is 1. The monoisotopic (exact) mass is 281 g/mol. The lowest BCUT2D eigenvalue weighted by molar-refractivity contribution is 0.384. The van der Waals surface area contributed by atoms with E-state index in [4.69, 9.17) is 4.74 Å². The lowest BCUT2D eigenvalue weighted by atomic mass is 10.1. The standard InChI is InChI=1S/C13H13F2N3O2/c1-3-7-9(4-5-10(20-2)11(7)15)17-13-16-6-8(14)12(19)18-13/h4-6H,3H2,1-2H3,(H2,16,17,18,19). The quantitative estimate of drug-likeness (QED) is 0.902. The van der Waals surface area contributed by atoms with Crippen LogP contribution in [0.4, 0.5) is 20.4 Å². The van der Waals surface area contributed by atoms with E-state index in [0.717, 1.165) is 6.20 Å². The molecule has 0 aliphatic rings. The Morgan fingerprint density at radius 1 is 1.40 bits per heavy atom. The summed E-state index contributed by atoms with van der Waals surface area (Å²) in [5.41, 5.74) is -0.0774. The first kappa shape index (κ1) is 14.0. The topological polar surface area (TPSA) is 67.0 Å². The molecule has 0 saturated heterocycles. The predicted octanol–water partition coefficient (Wildman–Crippen LogP) is 2.36. The van der Waals surface area contributed by atoms with Gasteiger partial charge < -0.3 is 10.1 Å². The summed E-state index contributed by atoms with van der Waals surface area (Å²) in [5, 5.41) is 2.75. The molecule has 0 aliphatic heterocycles. The van der Waals surface area contributed by atoms with Crippen molar-refractivity contribution in [1.29, 1.82) is 0 Å². The van der Waals surface area contributed by atoms with Crippen LogP contribution in [-0.4, -0.2) is 17.1 Å². The molecule has 20 heavy (non-hydrogen) atoms. The molecule has 5 nitrogen and oxygen atoms in total. The van der Waals surface area contributed by atoms with Gasteiger partial charge in [-0.1, -0.05) is 6.92 Å². The molecule has 0 saturated carbocycles. The van der Waals surface area contributed by atoms with Crippen LogP contribution in [0.2, 0.25) is 0 Å². The van der Waals surface area contributed by atoms with Gasteiger partial charge in [0.1, 0.15) is 0 Å². The summed E-state index contributed by atoms with van der Waals surface area (Å²) >= 11 is 0. The zero-order valence-corrected chi connectivity index (χ0v) is 11.0. The van der Waals surface area contributed by atoms with Gasteiger partial charge in [-0.3, -0.25) is 9.78 Å². The van der Waals surface area contributed by atoms with E-state index in [0.29, 0.717) is 17.7 Å². The number of ether oxygens (including phenoxy) is 1. The molecule has 7 heteroatoms. The number of aromatic nitrogens is 2. The largest absolute Gasteiger partial charge is 0.494 e. The van der Waals surface area contributed by atoms with Crippen molar-refractivity contribution in [3.63, 3.8) is 0 Å². The van der Waals surface area contributed by atoms with E-state index >= 15 is 0 Å². The molecule has 0 atom stereocenters. The summed E-state index contributed by atoms with van der Waals surface area (Å²) in [6, 6.07) is 3.06. The van der Waals surface area contributed by atoms with E-state index in [2.05, 4.69) is 15.3 Å². The fraction of sp³-hybridized carbons (Fsp3) is 0.231. The highest BCUT2D eigenvalue weighted by atomic mass is 19.1. The maximum Gasteiger partial charge on any atom is 0.288 e. The third-order valence-corrected chi connectivity index (χ3v) is 2.79. The summed E-state index contributed by atoms with van der Waals surface area (Å²) in [6.07, 6.45) is 1.21. The second kappa shape index (κ2) is 5.68. The van der Waals surface area contributed by atoms with Gasteiger partial charge in [-0.2, -0.15) is 4.39 Å². The molecule has 1 aromatic carbocycles. The number of rotatable bonds is 4. The molecular formula is C13H13F2N3O2. The summed E-state index contributed by atoms with van der Waals surface area (Å²) in [5.74, 6) is -1.29. The Hall–Kier alpha value is -2.44. The molecule has 0 unspecified atom stereocenters. The van der Waals surface area contributed by atoms with Crippen molar-refractivity contribution in [3.05, 3.63) is 45.9 Å². The Balaban J connectivity index is 2.40. The smallest absolute Gasteiger partial charge is 0.288 e. The average molecular weight is 281 g/mol. The first-order chi connectivity index (χ1) is 9.56. The molecule has 2 rings (SSSR count). The van der Waals surface area contributed by atoms with Gasteiger partial charge in [0, 0.05) is 11.3 Å². The van der Waals surface area contributed by atoms with Gasteiger partial charge in [-0.05, 0) is 18.6 Å². The number of anilines is 2. The minimum absolute atomic E-state index is 0.0377. The van der Waals surface area contributed by atoms with Crippen LogP contribution in [0.5, 0.6) is 5.75 Å². The van der Waals surface area contributed by atoms with Gasteiger partial charge in [0.2, 0.25) is 11.8 Å².